The lowest BCUT2D eigenvalue weighted by Gasteiger charge is -2.27. The summed E-state index contributed by atoms with van der Waals surface area (Å²) in [6.07, 6.45) is 1.44. The van der Waals surface area contributed by atoms with E-state index in [-0.39, 0.29) is 5.91 Å². The van der Waals surface area contributed by atoms with E-state index in [2.05, 4.69) is 15.5 Å². The van der Waals surface area contributed by atoms with Gasteiger partial charge in [0.25, 0.3) is 0 Å². The molecule has 1 amide bonds. The maximum atomic E-state index is 11.9. The van der Waals surface area contributed by atoms with Crippen LogP contribution in [0.2, 0.25) is 0 Å². The molecule has 1 saturated heterocycles. The van der Waals surface area contributed by atoms with Crippen LogP contribution in [0.5, 0.6) is 5.75 Å². The van der Waals surface area contributed by atoms with Gasteiger partial charge in [-0.2, -0.15) is 0 Å². The topological polar surface area (TPSA) is 53.6 Å². The normalized spacial score (nSPS) is 15.7. The number of carbonyl (C=O) groups excluding carboxylic acids is 1. The highest BCUT2D eigenvalue weighted by molar-refractivity contribution is 5.78. The number of methoxy groups -OCH3 is 1. The average molecular weight is 291 g/mol. The van der Waals surface area contributed by atoms with Gasteiger partial charge in [-0.15, -0.1) is 0 Å². The number of piperazine rings is 1. The largest absolute Gasteiger partial charge is 0.497 e. The Morgan fingerprint density at radius 2 is 2.00 bits per heavy atom. The molecule has 2 rings (SSSR count). The smallest absolute Gasteiger partial charge is 0.224 e. The van der Waals surface area contributed by atoms with E-state index >= 15 is 0 Å². The van der Waals surface area contributed by atoms with E-state index in [9.17, 15) is 4.79 Å². The molecule has 0 unspecified atom stereocenters. The Morgan fingerprint density at radius 3 is 2.67 bits per heavy atom. The van der Waals surface area contributed by atoms with E-state index in [1.807, 2.05) is 24.3 Å². The minimum atomic E-state index is 0.0838. The summed E-state index contributed by atoms with van der Waals surface area (Å²) in [6.45, 7) is 6.18. The van der Waals surface area contributed by atoms with Gasteiger partial charge < -0.3 is 20.3 Å². The maximum absolute atomic E-state index is 11.9. The molecule has 0 radical (unpaired) electrons. The number of hydrogen-bond donors (Lipinski definition) is 2. The minimum absolute atomic E-state index is 0.0838. The van der Waals surface area contributed by atoms with Crippen molar-refractivity contribution in [3.63, 3.8) is 0 Å². The number of carbonyl (C=O) groups is 1. The first-order chi connectivity index (χ1) is 10.3. The van der Waals surface area contributed by atoms with E-state index in [0.29, 0.717) is 6.42 Å². The second-order valence-corrected chi connectivity index (χ2v) is 5.32. The van der Waals surface area contributed by atoms with Gasteiger partial charge in [0.05, 0.1) is 13.5 Å². The summed E-state index contributed by atoms with van der Waals surface area (Å²) >= 11 is 0. The predicted octanol–water partition coefficient (Wildman–Crippen LogP) is 0.649. The summed E-state index contributed by atoms with van der Waals surface area (Å²) in [6, 6.07) is 7.62. The molecule has 1 aliphatic rings. The second kappa shape index (κ2) is 8.64. The van der Waals surface area contributed by atoms with Gasteiger partial charge in [0, 0.05) is 32.7 Å². The number of amides is 1. The first kappa shape index (κ1) is 15.8. The van der Waals surface area contributed by atoms with Gasteiger partial charge in [-0.25, -0.2) is 0 Å². The van der Waals surface area contributed by atoms with Crippen LogP contribution in [0, 0.1) is 0 Å². The third-order valence-electron chi connectivity index (χ3n) is 3.71. The fourth-order valence-corrected chi connectivity index (χ4v) is 2.46. The van der Waals surface area contributed by atoms with E-state index in [0.717, 1.165) is 57.0 Å². The summed E-state index contributed by atoms with van der Waals surface area (Å²) in [7, 11) is 1.64. The van der Waals surface area contributed by atoms with E-state index in [4.69, 9.17) is 4.74 Å². The Morgan fingerprint density at radius 1 is 1.29 bits per heavy atom. The number of nitrogens with zero attached hydrogens (tertiary/aromatic N) is 1. The van der Waals surface area contributed by atoms with Crippen molar-refractivity contribution in [3.8, 4) is 5.75 Å². The van der Waals surface area contributed by atoms with Gasteiger partial charge in [-0.1, -0.05) is 12.1 Å². The molecule has 116 valence electrons. The maximum Gasteiger partial charge on any atom is 0.224 e. The molecule has 0 spiro atoms. The van der Waals surface area contributed by atoms with Crippen LogP contribution in [-0.4, -0.2) is 57.2 Å². The summed E-state index contributed by atoms with van der Waals surface area (Å²) in [5.41, 5.74) is 1.01. The third kappa shape index (κ3) is 5.73. The third-order valence-corrected chi connectivity index (χ3v) is 3.71. The van der Waals surface area contributed by atoms with Crippen molar-refractivity contribution in [1.82, 2.24) is 15.5 Å². The summed E-state index contributed by atoms with van der Waals surface area (Å²) < 4.78 is 5.10. The van der Waals surface area contributed by atoms with Crippen molar-refractivity contribution < 1.29 is 9.53 Å². The molecular formula is C16H25N3O2. The van der Waals surface area contributed by atoms with Crippen LogP contribution in [0.4, 0.5) is 0 Å². The Bertz CT molecular complexity index is 428. The Hall–Kier alpha value is -1.59. The molecule has 2 N–H and O–H groups in total. The Balaban J connectivity index is 1.60. The number of hydrogen-bond acceptors (Lipinski definition) is 4. The molecule has 0 aromatic heterocycles. The van der Waals surface area contributed by atoms with Gasteiger partial charge in [-0.05, 0) is 30.7 Å². The van der Waals surface area contributed by atoms with Crippen molar-refractivity contribution in [2.24, 2.45) is 0 Å². The van der Waals surface area contributed by atoms with Gasteiger partial charge in [0.15, 0.2) is 0 Å². The molecule has 0 atom stereocenters. The monoisotopic (exact) mass is 291 g/mol. The standard InChI is InChI=1S/C16H25N3O2/c1-21-15-5-3-14(4-6-15)13-16(20)18-7-2-10-19-11-8-17-9-12-19/h3-6,17H,2,7-13H2,1H3,(H,18,20). The van der Waals surface area contributed by atoms with Crippen LogP contribution in [0.15, 0.2) is 24.3 Å². The quantitative estimate of drug-likeness (QED) is 0.724. The molecule has 5 heteroatoms. The summed E-state index contributed by atoms with van der Waals surface area (Å²) in [5, 5.41) is 6.33. The number of rotatable bonds is 7. The molecule has 5 nitrogen and oxygen atoms in total. The highest BCUT2D eigenvalue weighted by Gasteiger charge is 2.09. The van der Waals surface area contributed by atoms with E-state index < -0.39 is 0 Å². The predicted molar refractivity (Wildman–Crippen MR) is 83.6 cm³/mol. The van der Waals surface area contributed by atoms with Crippen LogP contribution in [-0.2, 0) is 11.2 Å². The Kier molecular flexibility index (Phi) is 6.50. The highest BCUT2D eigenvalue weighted by Crippen LogP contribution is 2.11. The van der Waals surface area contributed by atoms with Crippen LogP contribution in [0.25, 0.3) is 0 Å². The lowest BCUT2D eigenvalue weighted by molar-refractivity contribution is -0.120. The van der Waals surface area contributed by atoms with Crippen molar-refractivity contribution in [3.05, 3.63) is 29.8 Å². The number of nitrogens with one attached hydrogen (secondary N) is 2. The van der Waals surface area contributed by atoms with Crippen LogP contribution >= 0.6 is 0 Å². The molecule has 21 heavy (non-hydrogen) atoms. The summed E-state index contributed by atoms with van der Waals surface area (Å²) in [4.78, 5) is 14.3. The molecule has 0 saturated carbocycles. The first-order valence-electron chi connectivity index (χ1n) is 7.60. The van der Waals surface area contributed by atoms with Crippen molar-refractivity contribution in [1.29, 1.82) is 0 Å². The second-order valence-electron chi connectivity index (χ2n) is 5.32. The molecule has 1 heterocycles. The lowest BCUT2D eigenvalue weighted by atomic mass is 10.1. The zero-order valence-electron chi connectivity index (χ0n) is 12.7. The van der Waals surface area contributed by atoms with Gasteiger partial charge in [0.2, 0.25) is 5.91 Å². The van der Waals surface area contributed by atoms with Crippen LogP contribution in [0.1, 0.15) is 12.0 Å². The molecule has 0 aliphatic carbocycles. The molecule has 1 aromatic carbocycles. The van der Waals surface area contributed by atoms with Gasteiger partial charge in [-0.3, -0.25) is 4.79 Å². The van der Waals surface area contributed by atoms with Crippen molar-refractivity contribution >= 4 is 5.91 Å². The van der Waals surface area contributed by atoms with Crippen LogP contribution < -0.4 is 15.4 Å². The molecular weight excluding hydrogens is 266 g/mol. The van der Waals surface area contributed by atoms with Crippen molar-refractivity contribution in [2.75, 3.05) is 46.4 Å². The lowest BCUT2D eigenvalue weighted by Crippen LogP contribution is -2.44. The molecule has 1 aromatic rings. The van der Waals surface area contributed by atoms with E-state index in [1.165, 1.54) is 0 Å². The van der Waals surface area contributed by atoms with E-state index in [1.54, 1.807) is 7.11 Å². The molecule has 1 aliphatic heterocycles. The highest BCUT2D eigenvalue weighted by atomic mass is 16.5. The van der Waals surface area contributed by atoms with Crippen LogP contribution in [0.3, 0.4) is 0 Å². The zero-order chi connectivity index (χ0) is 14.9. The zero-order valence-corrected chi connectivity index (χ0v) is 12.7. The molecule has 0 bridgehead atoms. The summed E-state index contributed by atoms with van der Waals surface area (Å²) in [5.74, 6) is 0.899. The average Bonchev–Trinajstić information content (AvgIpc) is 2.53. The first-order valence-corrected chi connectivity index (χ1v) is 7.60. The number of benzene rings is 1. The fraction of sp³-hybridized carbons (Fsp3) is 0.562. The van der Waals surface area contributed by atoms with Gasteiger partial charge in [0.1, 0.15) is 5.75 Å². The Labute approximate surface area is 126 Å². The minimum Gasteiger partial charge on any atom is -0.497 e. The van der Waals surface area contributed by atoms with Gasteiger partial charge >= 0.3 is 0 Å². The number of ether oxygens (including phenoxy) is 1. The van der Waals surface area contributed by atoms with Crippen molar-refractivity contribution in [2.45, 2.75) is 12.8 Å². The fourth-order valence-electron chi connectivity index (χ4n) is 2.46. The molecule has 1 fully saturated rings. The SMILES string of the molecule is COc1ccc(CC(=O)NCCCN2CCNCC2)cc1.